The molecule has 1 rings (SSSR count). The van der Waals surface area contributed by atoms with Gasteiger partial charge >= 0.3 is 0 Å². The summed E-state index contributed by atoms with van der Waals surface area (Å²) in [5.74, 6) is 2.30. The van der Waals surface area contributed by atoms with E-state index >= 15 is 0 Å². The van der Waals surface area contributed by atoms with Crippen LogP contribution in [0.4, 0.5) is 5.82 Å². The molecule has 2 N–H and O–H groups in total. The van der Waals surface area contributed by atoms with E-state index in [1.54, 1.807) is 0 Å². The smallest absolute Gasteiger partial charge is 0.191 e. The number of ether oxygens (including phenoxy) is 1. The Balaban J connectivity index is 0.00000625. The predicted octanol–water partition coefficient (Wildman–Crippen LogP) is 3.27. The molecule has 0 aliphatic heterocycles. The zero-order chi connectivity index (χ0) is 18.7. The fraction of sp³-hybridized carbons (Fsp3) is 0.684. The molecule has 1 heterocycles. The number of nitrogens with zero attached hydrogens (tertiary/aromatic N) is 3. The number of guanidine groups is 1. The molecule has 1 unspecified atom stereocenters. The van der Waals surface area contributed by atoms with E-state index in [1.165, 1.54) is 0 Å². The highest BCUT2D eigenvalue weighted by Crippen LogP contribution is 2.11. The van der Waals surface area contributed by atoms with Gasteiger partial charge in [-0.2, -0.15) is 0 Å². The molecule has 0 amide bonds. The van der Waals surface area contributed by atoms with Crippen LogP contribution in [0.3, 0.4) is 0 Å². The van der Waals surface area contributed by atoms with E-state index in [-0.39, 0.29) is 30.1 Å². The highest BCUT2D eigenvalue weighted by Gasteiger charge is 2.12. The van der Waals surface area contributed by atoms with Crippen molar-refractivity contribution in [1.82, 2.24) is 15.6 Å². The molecular formula is C19H36IN5O. The average molecular weight is 477 g/mol. The first-order chi connectivity index (χ1) is 12.0. The molecule has 0 aromatic carbocycles. The summed E-state index contributed by atoms with van der Waals surface area (Å²) in [7, 11) is 3.98. The second-order valence-electron chi connectivity index (χ2n) is 6.57. The van der Waals surface area contributed by atoms with Gasteiger partial charge in [-0.15, -0.1) is 24.0 Å². The standard InChI is InChI=1S/C19H35N5O.HI/c1-7-20-19(22-12-10-17(15(3)4)25-8-2)23-14-16-9-11-21-18(13-16)24(5)6;/h9,11,13,15,17H,7-8,10,12,14H2,1-6H3,(H2,20,22,23);1H. The minimum absolute atomic E-state index is 0. The summed E-state index contributed by atoms with van der Waals surface area (Å²) in [5, 5.41) is 6.70. The third-order valence-corrected chi connectivity index (χ3v) is 3.88. The summed E-state index contributed by atoms with van der Waals surface area (Å²) in [6, 6.07) is 4.07. The number of aromatic nitrogens is 1. The molecule has 1 aromatic heterocycles. The van der Waals surface area contributed by atoms with E-state index in [0.29, 0.717) is 12.5 Å². The van der Waals surface area contributed by atoms with Gasteiger partial charge < -0.3 is 20.3 Å². The van der Waals surface area contributed by atoms with Gasteiger partial charge in [0.05, 0.1) is 12.6 Å². The van der Waals surface area contributed by atoms with E-state index in [0.717, 1.165) is 43.5 Å². The lowest BCUT2D eigenvalue weighted by molar-refractivity contribution is 0.0258. The van der Waals surface area contributed by atoms with Crippen molar-refractivity contribution in [2.24, 2.45) is 10.9 Å². The zero-order valence-electron chi connectivity index (χ0n) is 17.1. The first kappa shape index (κ1) is 24.9. The Morgan fingerprint density at radius 1 is 1.27 bits per heavy atom. The number of aliphatic imine (C=N–C) groups is 1. The van der Waals surface area contributed by atoms with E-state index < -0.39 is 0 Å². The summed E-state index contributed by atoms with van der Waals surface area (Å²) in [5.41, 5.74) is 1.14. The van der Waals surface area contributed by atoms with Crippen molar-refractivity contribution in [2.75, 3.05) is 38.7 Å². The molecule has 0 aliphatic carbocycles. The van der Waals surface area contributed by atoms with Crippen molar-refractivity contribution in [2.45, 2.75) is 46.8 Å². The zero-order valence-corrected chi connectivity index (χ0v) is 19.4. The van der Waals surface area contributed by atoms with Gasteiger partial charge in [0.25, 0.3) is 0 Å². The van der Waals surface area contributed by atoms with Crippen molar-refractivity contribution < 1.29 is 4.74 Å². The van der Waals surface area contributed by atoms with E-state index in [4.69, 9.17) is 4.74 Å². The van der Waals surface area contributed by atoms with E-state index in [2.05, 4.69) is 47.4 Å². The molecule has 0 saturated heterocycles. The molecule has 0 spiro atoms. The minimum Gasteiger partial charge on any atom is -0.378 e. The molecule has 6 nitrogen and oxygen atoms in total. The Kier molecular flexibility index (Phi) is 13.4. The minimum atomic E-state index is 0. The monoisotopic (exact) mass is 477 g/mol. The van der Waals surface area contributed by atoms with Gasteiger partial charge in [-0.3, -0.25) is 0 Å². The summed E-state index contributed by atoms with van der Waals surface area (Å²) < 4.78 is 5.80. The third-order valence-electron chi connectivity index (χ3n) is 3.88. The largest absolute Gasteiger partial charge is 0.378 e. The lowest BCUT2D eigenvalue weighted by Gasteiger charge is -2.21. The Hall–Kier alpha value is -1.09. The van der Waals surface area contributed by atoms with E-state index in [9.17, 15) is 0 Å². The first-order valence-corrected chi connectivity index (χ1v) is 9.23. The predicted molar refractivity (Wildman–Crippen MR) is 122 cm³/mol. The Morgan fingerprint density at radius 2 is 2.00 bits per heavy atom. The maximum absolute atomic E-state index is 5.80. The quantitative estimate of drug-likeness (QED) is 0.308. The van der Waals surface area contributed by atoms with Gasteiger partial charge in [0.15, 0.2) is 5.96 Å². The highest BCUT2D eigenvalue weighted by molar-refractivity contribution is 14.0. The number of hydrogen-bond acceptors (Lipinski definition) is 4. The fourth-order valence-corrected chi connectivity index (χ4v) is 2.47. The first-order valence-electron chi connectivity index (χ1n) is 9.23. The molecule has 0 fully saturated rings. The second kappa shape index (κ2) is 14.0. The van der Waals surface area contributed by atoms with Gasteiger partial charge in [0, 0.05) is 40.0 Å². The van der Waals surface area contributed by atoms with Crippen molar-refractivity contribution >= 4 is 35.8 Å². The highest BCUT2D eigenvalue weighted by atomic mass is 127. The van der Waals surface area contributed by atoms with Crippen LogP contribution in [0.2, 0.25) is 0 Å². The molecule has 1 atom stereocenters. The van der Waals surface area contributed by atoms with Crippen molar-refractivity contribution in [3.8, 4) is 0 Å². The Morgan fingerprint density at radius 3 is 2.58 bits per heavy atom. The Bertz CT molecular complexity index is 522. The summed E-state index contributed by atoms with van der Waals surface area (Å²) in [4.78, 5) is 11.0. The topological polar surface area (TPSA) is 61.8 Å². The van der Waals surface area contributed by atoms with Crippen LogP contribution in [0, 0.1) is 5.92 Å². The molecular weight excluding hydrogens is 441 g/mol. The van der Waals surface area contributed by atoms with Crippen LogP contribution in [-0.2, 0) is 11.3 Å². The number of nitrogens with one attached hydrogen (secondary N) is 2. The van der Waals surface area contributed by atoms with Gasteiger partial charge in [-0.05, 0) is 43.9 Å². The molecule has 150 valence electrons. The number of rotatable bonds is 10. The number of halogens is 1. The molecule has 0 aliphatic rings. The molecule has 0 radical (unpaired) electrons. The Labute approximate surface area is 176 Å². The molecule has 1 aromatic rings. The normalized spacial score (nSPS) is 12.5. The molecule has 26 heavy (non-hydrogen) atoms. The maximum Gasteiger partial charge on any atom is 0.191 e. The number of pyridine rings is 1. The summed E-state index contributed by atoms with van der Waals surface area (Å²) in [6.45, 7) is 11.6. The van der Waals surface area contributed by atoms with Crippen molar-refractivity contribution in [1.29, 1.82) is 0 Å². The second-order valence-corrected chi connectivity index (χ2v) is 6.57. The van der Waals surface area contributed by atoms with Crippen LogP contribution in [0.1, 0.15) is 39.7 Å². The summed E-state index contributed by atoms with van der Waals surface area (Å²) in [6.07, 6.45) is 3.08. The van der Waals surface area contributed by atoms with Crippen LogP contribution in [-0.4, -0.2) is 50.8 Å². The SMILES string of the molecule is CCNC(=NCc1ccnc(N(C)C)c1)NCCC(OCC)C(C)C.I. The molecule has 7 heteroatoms. The lowest BCUT2D eigenvalue weighted by atomic mass is 10.0. The van der Waals surface area contributed by atoms with Gasteiger partial charge in [0.1, 0.15) is 5.82 Å². The van der Waals surface area contributed by atoms with E-state index in [1.807, 2.05) is 38.2 Å². The van der Waals surface area contributed by atoms with Crippen molar-refractivity contribution in [3.63, 3.8) is 0 Å². The third kappa shape index (κ3) is 9.56. The number of anilines is 1. The van der Waals surface area contributed by atoms with Crippen LogP contribution >= 0.6 is 24.0 Å². The van der Waals surface area contributed by atoms with Crippen LogP contribution in [0.5, 0.6) is 0 Å². The fourth-order valence-electron chi connectivity index (χ4n) is 2.47. The number of hydrogen-bond donors (Lipinski definition) is 2. The van der Waals surface area contributed by atoms with Crippen LogP contribution < -0.4 is 15.5 Å². The molecule has 0 saturated carbocycles. The summed E-state index contributed by atoms with van der Waals surface area (Å²) >= 11 is 0. The van der Waals surface area contributed by atoms with Gasteiger partial charge in [-0.1, -0.05) is 13.8 Å². The molecule has 0 bridgehead atoms. The van der Waals surface area contributed by atoms with Crippen LogP contribution in [0.15, 0.2) is 23.3 Å². The van der Waals surface area contributed by atoms with Gasteiger partial charge in [-0.25, -0.2) is 9.98 Å². The maximum atomic E-state index is 5.80. The van der Waals surface area contributed by atoms with Gasteiger partial charge in [0.2, 0.25) is 0 Å². The lowest BCUT2D eigenvalue weighted by Crippen LogP contribution is -2.39. The van der Waals surface area contributed by atoms with Crippen molar-refractivity contribution in [3.05, 3.63) is 23.9 Å². The average Bonchev–Trinajstić information content (AvgIpc) is 2.58. The van der Waals surface area contributed by atoms with Crippen LogP contribution in [0.25, 0.3) is 0 Å².